The fourth-order valence-corrected chi connectivity index (χ4v) is 1.21. The van der Waals surface area contributed by atoms with E-state index in [2.05, 4.69) is 5.32 Å². The molecule has 0 bridgehead atoms. The molecule has 0 aromatic heterocycles. The van der Waals surface area contributed by atoms with E-state index in [-0.39, 0.29) is 0 Å². The van der Waals surface area contributed by atoms with Gasteiger partial charge in [0.05, 0.1) is 0 Å². The molecule has 0 aromatic carbocycles. The number of nitrogens with one attached hydrogen (secondary N) is 1. The molecule has 2 N–H and O–H groups in total. The molecule has 1 saturated carbocycles. The molecular formula is C6H13NO. The normalized spacial score (nSPS) is 26.2. The Hall–Kier alpha value is -0.0800. The number of aliphatic hydroxyl groups is 1. The van der Waals surface area contributed by atoms with Crippen molar-refractivity contribution in [2.45, 2.75) is 31.4 Å². The average molecular weight is 115 g/mol. The summed E-state index contributed by atoms with van der Waals surface area (Å²) in [5.41, 5.74) is -0.514. The van der Waals surface area contributed by atoms with Gasteiger partial charge in [-0.05, 0) is 32.7 Å². The zero-order valence-electron chi connectivity index (χ0n) is 5.28. The number of hydrogen-bond acceptors (Lipinski definition) is 2. The summed E-state index contributed by atoms with van der Waals surface area (Å²) in [5, 5.41) is 12.3. The second-order valence-electron chi connectivity index (χ2n) is 2.49. The molecule has 0 radical (unpaired) electrons. The summed E-state index contributed by atoms with van der Waals surface area (Å²) >= 11 is 0. The summed E-state index contributed by atoms with van der Waals surface area (Å²) < 4.78 is 0. The van der Waals surface area contributed by atoms with E-state index in [0.717, 1.165) is 25.7 Å². The van der Waals surface area contributed by atoms with Crippen LogP contribution in [-0.4, -0.2) is 17.9 Å². The van der Waals surface area contributed by atoms with Crippen molar-refractivity contribution in [1.82, 2.24) is 5.32 Å². The Morgan fingerprint density at radius 2 is 1.88 bits per heavy atom. The third-order valence-electron chi connectivity index (χ3n) is 1.90. The van der Waals surface area contributed by atoms with Crippen molar-refractivity contribution in [2.75, 3.05) is 7.05 Å². The molecule has 0 atom stereocenters. The van der Waals surface area contributed by atoms with Crippen LogP contribution in [0.4, 0.5) is 0 Å². The Kier molecular flexibility index (Phi) is 1.54. The molecule has 2 nitrogen and oxygen atoms in total. The van der Waals surface area contributed by atoms with E-state index in [1.54, 1.807) is 0 Å². The Morgan fingerprint density at radius 1 is 1.38 bits per heavy atom. The monoisotopic (exact) mass is 115 g/mol. The summed E-state index contributed by atoms with van der Waals surface area (Å²) in [5.74, 6) is 0. The minimum Gasteiger partial charge on any atom is -0.376 e. The van der Waals surface area contributed by atoms with E-state index in [1.165, 1.54) is 0 Å². The lowest BCUT2D eigenvalue weighted by molar-refractivity contribution is 0.0202. The molecule has 2 heteroatoms. The second-order valence-corrected chi connectivity index (χ2v) is 2.49. The predicted octanol–water partition coefficient (Wildman–Crippen LogP) is 0.468. The van der Waals surface area contributed by atoms with Gasteiger partial charge in [0.15, 0.2) is 0 Å². The lowest BCUT2D eigenvalue weighted by Crippen LogP contribution is -2.39. The first kappa shape index (κ1) is 6.05. The first-order chi connectivity index (χ1) is 3.77. The van der Waals surface area contributed by atoms with Crippen LogP contribution in [0.3, 0.4) is 0 Å². The molecule has 0 heterocycles. The standard InChI is InChI=1S/C6H13NO/c1-7-6(8)4-2-3-5-6/h7-8H,2-5H2,1H3. The van der Waals surface area contributed by atoms with Crippen molar-refractivity contribution < 1.29 is 5.11 Å². The maximum absolute atomic E-state index is 9.39. The molecule has 0 aliphatic heterocycles. The molecule has 8 heavy (non-hydrogen) atoms. The summed E-state index contributed by atoms with van der Waals surface area (Å²) in [4.78, 5) is 0. The van der Waals surface area contributed by atoms with E-state index in [1.807, 2.05) is 7.05 Å². The van der Waals surface area contributed by atoms with E-state index in [4.69, 9.17) is 0 Å². The van der Waals surface area contributed by atoms with Crippen LogP contribution in [0.5, 0.6) is 0 Å². The van der Waals surface area contributed by atoms with Crippen LogP contribution in [0.25, 0.3) is 0 Å². The van der Waals surface area contributed by atoms with Crippen LogP contribution in [0.15, 0.2) is 0 Å². The highest BCUT2D eigenvalue weighted by Crippen LogP contribution is 2.25. The quantitative estimate of drug-likeness (QED) is 0.487. The molecule has 1 rings (SSSR count). The molecule has 1 aliphatic carbocycles. The van der Waals surface area contributed by atoms with Gasteiger partial charge in [-0.2, -0.15) is 0 Å². The topological polar surface area (TPSA) is 32.3 Å². The minimum absolute atomic E-state index is 0.514. The SMILES string of the molecule is CNC1(O)CCCC1. The van der Waals surface area contributed by atoms with Crippen LogP contribution >= 0.6 is 0 Å². The molecule has 0 saturated heterocycles. The summed E-state index contributed by atoms with van der Waals surface area (Å²) in [6.07, 6.45) is 4.17. The Morgan fingerprint density at radius 3 is 2.12 bits per heavy atom. The number of hydrogen-bond donors (Lipinski definition) is 2. The van der Waals surface area contributed by atoms with Crippen molar-refractivity contribution in [3.05, 3.63) is 0 Å². The first-order valence-electron chi connectivity index (χ1n) is 3.18. The summed E-state index contributed by atoms with van der Waals surface area (Å²) in [6.45, 7) is 0. The molecule has 0 spiro atoms. The van der Waals surface area contributed by atoms with Crippen LogP contribution in [0.2, 0.25) is 0 Å². The van der Waals surface area contributed by atoms with Gasteiger partial charge in [0.1, 0.15) is 5.72 Å². The zero-order chi connectivity index (χ0) is 6.04. The van der Waals surface area contributed by atoms with Gasteiger partial charge in [0.2, 0.25) is 0 Å². The van der Waals surface area contributed by atoms with Gasteiger partial charge < -0.3 is 5.11 Å². The molecule has 0 amide bonds. The van der Waals surface area contributed by atoms with Crippen LogP contribution in [-0.2, 0) is 0 Å². The van der Waals surface area contributed by atoms with Gasteiger partial charge >= 0.3 is 0 Å². The third kappa shape index (κ3) is 1.01. The maximum atomic E-state index is 9.39. The molecule has 0 unspecified atom stereocenters. The Balaban J connectivity index is 2.40. The molecule has 1 fully saturated rings. The van der Waals surface area contributed by atoms with Gasteiger partial charge in [0.25, 0.3) is 0 Å². The molecule has 0 aromatic rings. The molecule has 48 valence electrons. The number of rotatable bonds is 1. The van der Waals surface area contributed by atoms with E-state index >= 15 is 0 Å². The highest BCUT2D eigenvalue weighted by Gasteiger charge is 2.28. The largest absolute Gasteiger partial charge is 0.376 e. The van der Waals surface area contributed by atoms with Gasteiger partial charge in [-0.1, -0.05) is 0 Å². The van der Waals surface area contributed by atoms with Gasteiger partial charge in [-0.25, -0.2) is 0 Å². The minimum atomic E-state index is -0.514. The molecule has 1 aliphatic rings. The van der Waals surface area contributed by atoms with Crippen molar-refractivity contribution in [1.29, 1.82) is 0 Å². The van der Waals surface area contributed by atoms with Gasteiger partial charge in [0, 0.05) is 0 Å². The second kappa shape index (κ2) is 2.03. The predicted molar refractivity (Wildman–Crippen MR) is 32.5 cm³/mol. The van der Waals surface area contributed by atoms with Crippen LogP contribution < -0.4 is 5.32 Å². The summed E-state index contributed by atoms with van der Waals surface area (Å²) in [6, 6.07) is 0. The molecular weight excluding hydrogens is 102 g/mol. The van der Waals surface area contributed by atoms with Crippen LogP contribution in [0.1, 0.15) is 25.7 Å². The fraction of sp³-hybridized carbons (Fsp3) is 1.00. The lowest BCUT2D eigenvalue weighted by atomic mass is 10.2. The highest BCUT2D eigenvalue weighted by molar-refractivity contribution is 4.79. The average Bonchev–Trinajstić information content (AvgIpc) is 2.17. The van der Waals surface area contributed by atoms with Crippen molar-refractivity contribution in [3.63, 3.8) is 0 Å². The highest BCUT2D eigenvalue weighted by atomic mass is 16.3. The smallest absolute Gasteiger partial charge is 0.115 e. The summed E-state index contributed by atoms with van der Waals surface area (Å²) in [7, 11) is 1.81. The van der Waals surface area contributed by atoms with Crippen molar-refractivity contribution in [3.8, 4) is 0 Å². The van der Waals surface area contributed by atoms with Crippen molar-refractivity contribution in [2.24, 2.45) is 0 Å². The van der Waals surface area contributed by atoms with E-state index in [9.17, 15) is 5.11 Å². The Bertz CT molecular complexity index is 76.6. The van der Waals surface area contributed by atoms with E-state index < -0.39 is 5.72 Å². The van der Waals surface area contributed by atoms with Crippen LogP contribution in [0, 0.1) is 0 Å². The fourth-order valence-electron chi connectivity index (χ4n) is 1.21. The first-order valence-corrected chi connectivity index (χ1v) is 3.18. The van der Waals surface area contributed by atoms with E-state index in [0.29, 0.717) is 0 Å². The zero-order valence-corrected chi connectivity index (χ0v) is 5.28. The lowest BCUT2D eigenvalue weighted by Gasteiger charge is -2.20. The van der Waals surface area contributed by atoms with Crippen molar-refractivity contribution >= 4 is 0 Å². The maximum Gasteiger partial charge on any atom is 0.115 e. The Labute approximate surface area is 49.9 Å². The van der Waals surface area contributed by atoms with Gasteiger partial charge in [-0.3, -0.25) is 5.32 Å². The third-order valence-corrected chi connectivity index (χ3v) is 1.90. The van der Waals surface area contributed by atoms with Gasteiger partial charge in [-0.15, -0.1) is 0 Å².